The van der Waals surface area contributed by atoms with Crippen molar-refractivity contribution in [2.24, 2.45) is 0 Å². The molecule has 4 aromatic heterocycles. The highest BCUT2D eigenvalue weighted by Gasteiger charge is 2.54. The quantitative estimate of drug-likeness (QED) is 0.109. The molecular formula is C20H27N12O11P2+. The molecule has 0 bridgehead atoms. The maximum absolute atomic E-state index is 13.2. The minimum Gasteiger partial charge on any atom is -0.756 e. The van der Waals surface area contributed by atoms with Gasteiger partial charge < -0.3 is 51.2 Å². The fraction of sp³-hybridized carbons (Fsp3) is 0.500. The smallest absolute Gasteiger partial charge is 0.472 e. The first-order valence-corrected chi connectivity index (χ1v) is 16.2. The standard InChI is InChI=1S/C20H26N12O11P2/c21-8-12-6(40-18(8)31-4-27-10-14(23)25-3-26-15(10)31)1-38-45(36,37)43-13-7(2-39-44(34,35)42-12)41-19(9(13)22)32-5-28-11-16(32)29-20(24)30-17(11)33/h3-9,12-13,18-19H,1-2,21-22H2,(H,34,35)(H,36,37)(H2,23,25,26)(H3,24,29,30,33)/p+1. The minimum atomic E-state index is -5.12. The molecule has 0 aliphatic carbocycles. The molecule has 12 N–H and O–H groups in total. The van der Waals surface area contributed by atoms with Crippen molar-refractivity contribution in [2.75, 3.05) is 24.7 Å². The molecule has 0 saturated carbocycles. The summed E-state index contributed by atoms with van der Waals surface area (Å²) in [6.45, 7) is -1.38. The van der Waals surface area contributed by atoms with Crippen LogP contribution >= 0.6 is 15.6 Å². The van der Waals surface area contributed by atoms with E-state index in [1.807, 2.05) is 0 Å². The van der Waals surface area contributed by atoms with Crippen molar-refractivity contribution in [2.45, 2.75) is 49.0 Å². The van der Waals surface area contributed by atoms with Crippen LogP contribution in [-0.4, -0.2) is 93.6 Å². The molecule has 23 nitrogen and oxygen atoms in total. The Balaban J connectivity index is 1.17. The molecule has 0 radical (unpaired) electrons. The maximum Gasteiger partial charge on any atom is 0.472 e. The Kier molecular flexibility index (Phi) is 7.27. The molecule has 25 heteroatoms. The second kappa shape index (κ2) is 10.8. The zero-order valence-corrected chi connectivity index (χ0v) is 24.7. The van der Waals surface area contributed by atoms with Crippen LogP contribution in [0.2, 0.25) is 0 Å². The van der Waals surface area contributed by atoms with Crippen LogP contribution < -0.4 is 33.4 Å². The Labute approximate surface area is 250 Å². The van der Waals surface area contributed by atoms with Gasteiger partial charge >= 0.3 is 7.82 Å². The minimum absolute atomic E-state index is 0.0234. The Bertz CT molecular complexity index is 1940. The lowest BCUT2D eigenvalue weighted by atomic mass is 10.1. The number of nitrogens with two attached hydrogens (primary N) is 2. The summed E-state index contributed by atoms with van der Waals surface area (Å²) in [5.74, 6) is -0.0951. The zero-order chi connectivity index (χ0) is 31.8. The molecule has 4 aromatic rings. The number of nitrogen functional groups attached to an aromatic ring is 2. The number of anilines is 2. The molecule has 3 aliphatic heterocycles. The molecule has 3 aliphatic rings. The van der Waals surface area contributed by atoms with Crippen LogP contribution in [0.3, 0.4) is 0 Å². The second-order valence-corrected chi connectivity index (χ2v) is 13.2. The highest BCUT2D eigenvalue weighted by Crippen LogP contribution is 2.51. The highest BCUT2D eigenvalue weighted by atomic mass is 31.2. The summed E-state index contributed by atoms with van der Waals surface area (Å²) in [7, 11) is -10.0. The van der Waals surface area contributed by atoms with Crippen LogP contribution in [0, 0.1) is 0 Å². The second-order valence-electron chi connectivity index (χ2n) is 10.5. The normalized spacial score (nSPS) is 37.7. The van der Waals surface area contributed by atoms with Gasteiger partial charge in [0.2, 0.25) is 5.95 Å². The van der Waals surface area contributed by atoms with Crippen molar-refractivity contribution in [3.63, 3.8) is 0 Å². The Morgan fingerprint density at radius 2 is 1.51 bits per heavy atom. The van der Waals surface area contributed by atoms with Gasteiger partial charge in [0.25, 0.3) is 13.4 Å². The molecule has 0 spiro atoms. The first-order valence-electron chi connectivity index (χ1n) is 13.2. The van der Waals surface area contributed by atoms with E-state index in [2.05, 4.69) is 41.4 Å². The summed E-state index contributed by atoms with van der Waals surface area (Å²) in [6, 6.07) is -1.97. The van der Waals surface area contributed by atoms with Crippen molar-refractivity contribution in [3.05, 3.63) is 29.3 Å². The number of aromatic nitrogens is 8. The van der Waals surface area contributed by atoms with Crippen molar-refractivity contribution in [3.8, 4) is 0 Å². The number of phosphoric acid groups is 2. The first kappa shape index (κ1) is 30.2. The maximum atomic E-state index is 13.2. The number of aromatic amines is 1. The molecule has 242 valence electrons. The highest BCUT2D eigenvalue weighted by molar-refractivity contribution is 7.47. The fourth-order valence-corrected chi connectivity index (χ4v) is 7.55. The lowest BCUT2D eigenvalue weighted by Crippen LogP contribution is -2.68. The largest absolute Gasteiger partial charge is 0.756 e. The van der Waals surface area contributed by atoms with Gasteiger partial charge in [-0.15, -0.1) is 0 Å². The molecule has 10 atom stereocenters. The van der Waals surface area contributed by atoms with Gasteiger partial charge in [0.1, 0.15) is 24.1 Å². The van der Waals surface area contributed by atoms with E-state index in [-0.39, 0.29) is 34.1 Å². The number of nitrogens with zero attached hydrogens (tertiary/aromatic N) is 7. The number of imidazole rings is 2. The Hall–Kier alpha value is -3.44. The predicted octanol–water partition coefficient (Wildman–Crippen LogP) is -4.47. The zero-order valence-electron chi connectivity index (χ0n) is 22.9. The lowest BCUT2D eigenvalue weighted by molar-refractivity contribution is -0.446. The van der Waals surface area contributed by atoms with Crippen LogP contribution in [0.5, 0.6) is 0 Å². The van der Waals surface area contributed by atoms with Gasteiger partial charge in [0.05, 0.1) is 25.9 Å². The summed E-state index contributed by atoms with van der Waals surface area (Å²) in [5.41, 5.74) is 19.4. The lowest BCUT2D eigenvalue weighted by Gasteiger charge is -2.31. The predicted molar refractivity (Wildman–Crippen MR) is 143 cm³/mol. The first-order chi connectivity index (χ1) is 21.3. The van der Waals surface area contributed by atoms with E-state index in [4.69, 9.17) is 39.0 Å². The van der Waals surface area contributed by atoms with E-state index in [1.165, 1.54) is 28.1 Å². The third-order valence-electron chi connectivity index (χ3n) is 7.63. The van der Waals surface area contributed by atoms with Crippen LogP contribution in [-0.2, 0) is 36.7 Å². The molecule has 3 saturated heterocycles. The SMILES string of the molecule is Nc1nc2c(ncn2C2OC3COP(=O)([O-])OC4C(COP(=O)(O)OC3C2[NH3+])OC(n2cnc3c(N)ncnc32)C4[NH3+])c(=O)[nH]1. The fourth-order valence-electron chi connectivity index (χ4n) is 5.58. The number of quaternary nitrogens is 2. The van der Waals surface area contributed by atoms with Gasteiger partial charge in [0.15, 0.2) is 59.4 Å². The van der Waals surface area contributed by atoms with Crippen LogP contribution in [0.25, 0.3) is 22.3 Å². The van der Waals surface area contributed by atoms with Gasteiger partial charge in [-0.3, -0.25) is 32.5 Å². The van der Waals surface area contributed by atoms with Crippen LogP contribution in [0.15, 0.2) is 23.8 Å². The van der Waals surface area contributed by atoms with Gasteiger partial charge in [-0.2, -0.15) is 4.98 Å². The molecule has 0 aromatic carbocycles. The molecule has 10 unspecified atom stereocenters. The van der Waals surface area contributed by atoms with Crippen LogP contribution in [0.1, 0.15) is 12.5 Å². The summed E-state index contributed by atoms with van der Waals surface area (Å²) in [5, 5.41) is 0. The number of phosphoric ester groups is 2. The molecular weight excluding hydrogens is 646 g/mol. The van der Waals surface area contributed by atoms with Gasteiger partial charge in [0, 0.05) is 0 Å². The van der Waals surface area contributed by atoms with Crippen molar-refractivity contribution < 1.29 is 58.0 Å². The van der Waals surface area contributed by atoms with E-state index in [0.717, 1.165) is 0 Å². The number of rotatable bonds is 2. The molecule has 3 fully saturated rings. The van der Waals surface area contributed by atoms with Gasteiger partial charge in [-0.1, -0.05) is 0 Å². The number of hydrogen-bond donors (Lipinski definition) is 6. The summed E-state index contributed by atoms with van der Waals surface area (Å²) >= 11 is 0. The number of nitrogens with one attached hydrogen (secondary N) is 1. The molecule has 45 heavy (non-hydrogen) atoms. The van der Waals surface area contributed by atoms with E-state index < -0.39 is 83.4 Å². The Morgan fingerprint density at radius 1 is 0.911 bits per heavy atom. The monoisotopic (exact) mass is 673 g/mol. The number of ether oxygens (including phenoxy) is 2. The summed E-state index contributed by atoms with van der Waals surface area (Å²) in [4.78, 5) is 58.7. The van der Waals surface area contributed by atoms with Gasteiger partial charge in [-0.05, 0) is 0 Å². The molecule has 7 heterocycles. The summed E-state index contributed by atoms with van der Waals surface area (Å²) in [6.07, 6.45) is -3.60. The number of fused-ring (bicyclic) bond motifs is 4. The topological polar surface area (TPSA) is 347 Å². The third kappa shape index (κ3) is 5.31. The van der Waals surface area contributed by atoms with Gasteiger partial charge in [-0.25, -0.2) is 24.5 Å². The average Bonchev–Trinajstić information content (AvgIpc) is 3.72. The molecule has 7 rings (SSSR count). The van der Waals surface area contributed by atoms with E-state index in [0.29, 0.717) is 0 Å². The van der Waals surface area contributed by atoms with Crippen LogP contribution in [0.4, 0.5) is 11.8 Å². The van der Waals surface area contributed by atoms with Crippen molar-refractivity contribution in [1.82, 2.24) is 39.0 Å². The number of hydrogen-bond acceptors (Lipinski definition) is 17. The van der Waals surface area contributed by atoms with E-state index >= 15 is 0 Å². The Morgan fingerprint density at radius 3 is 2.20 bits per heavy atom. The molecule has 0 amide bonds. The van der Waals surface area contributed by atoms with Crippen molar-refractivity contribution in [1.29, 1.82) is 0 Å². The average molecular weight is 673 g/mol. The number of H-pyrrole nitrogens is 1. The third-order valence-corrected chi connectivity index (χ3v) is 9.58. The summed E-state index contributed by atoms with van der Waals surface area (Å²) < 4.78 is 62.3. The van der Waals surface area contributed by atoms with E-state index in [9.17, 15) is 23.7 Å². The van der Waals surface area contributed by atoms with Crippen molar-refractivity contribution >= 4 is 49.7 Å². The van der Waals surface area contributed by atoms with E-state index in [1.54, 1.807) is 0 Å².